The quantitative estimate of drug-likeness (QED) is 0.872. The number of pyridine rings is 1. The molecule has 0 saturated carbocycles. The van der Waals surface area contributed by atoms with Crippen molar-refractivity contribution in [3.05, 3.63) is 35.9 Å². The molecular weight excluding hydrogens is 234 g/mol. The molecule has 0 aliphatic heterocycles. The molecule has 0 fully saturated rings. The predicted octanol–water partition coefficient (Wildman–Crippen LogP) is 0.914. The zero-order chi connectivity index (χ0) is 13.1. The lowest BCUT2D eigenvalue weighted by molar-refractivity contribution is 0.199. The van der Waals surface area contributed by atoms with Crippen LogP contribution in [-0.4, -0.2) is 34.1 Å². The molecule has 18 heavy (non-hydrogen) atoms. The highest BCUT2D eigenvalue weighted by molar-refractivity contribution is 5.40. The number of methoxy groups -OCH3 is 2. The van der Waals surface area contributed by atoms with E-state index in [0.717, 1.165) is 0 Å². The van der Waals surface area contributed by atoms with Gasteiger partial charge in [0.1, 0.15) is 17.5 Å². The van der Waals surface area contributed by atoms with Crippen molar-refractivity contribution in [1.29, 1.82) is 0 Å². The van der Waals surface area contributed by atoms with Gasteiger partial charge in [-0.1, -0.05) is 0 Å². The van der Waals surface area contributed by atoms with Gasteiger partial charge in [-0.2, -0.15) is 5.10 Å². The van der Waals surface area contributed by atoms with E-state index in [-0.39, 0.29) is 0 Å². The number of aryl methyl sites for hydroxylation is 1. The number of ether oxygens (including phenoxy) is 2. The van der Waals surface area contributed by atoms with Gasteiger partial charge in [0.15, 0.2) is 5.75 Å². The van der Waals surface area contributed by atoms with E-state index in [1.165, 1.54) is 14.2 Å². The molecule has 0 amide bonds. The van der Waals surface area contributed by atoms with Crippen LogP contribution >= 0.6 is 0 Å². The van der Waals surface area contributed by atoms with E-state index in [0.29, 0.717) is 22.8 Å². The molecule has 1 unspecified atom stereocenters. The van der Waals surface area contributed by atoms with Crippen LogP contribution in [0.25, 0.3) is 0 Å². The predicted molar refractivity (Wildman–Crippen MR) is 64.6 cm³/mol. The van der Waals surface area contributed by atoms with Crippen molar-refractivity contribution < 1.29 is 14.6 Å². The molecule has 2 rings (SSSR count). The van der Waals surface area contributed by atoms with Crippen molar-refractivity contribution in [2.75, 3.05) is 14.2 Å². The van der Waals surface area contributed by atoms with Crippen molar-refractivity contribution in [3.8, 4) is 11.5 Å². The van der Waals surface area contributed by atoms with Crippen molar-refractivity contribution in [2.45, 2.75) is 6.10 Å². The molecular formula is C12H15N3O3. The fraction of sp³-hybridized carbons (Fsp3) is 0.333. The van der Waals surface area contributed by atoms with Gasteiger partial charge in [0, 0.05) is 18.8 Å². The molecule has 2 aromatic heterocycles. The lowest BCUT2D eigenvalue weighted by Gasteiger charge is -2.15. The summed E-state index contributed by atoms with van der Waals surface area (Å²) < 4.78 is 11.9. The second-order valence-corrected chi connectivity index (χ2v) is 3.74. The molecule has 0 saturated heterocycles. The largest absolute Gasteiger partial charge is 0.495 e. The standard InChI is InChI=1S/C12H15N3O3/c1-15-11(10(18-3)7-14-15)12(16)8-4-5-13-6-9(8)17-2/h4-7,12,16H,1-3H3. The molecule has 6 nitrogen and oxygen atoms in total. The van der Waals surface area contributed by atoms with Crippen LogP contribution in [0, 0.1) is 0 Å². The van der Waals surface area contributed by atoms with Gasteiger partial charge in [-0.05, 0) is 6.07 Å². The molecule has 0 radical (unpaired) electrons. The smallest absolute Gasteiger partial charge is 0.162 e. The second kappa shape index (κ2) is 5.05. The summed E-state index contributed by atoms with van der Waals surface area (Å²) in [5, 5.41) is 14.5. The fourth-order valence-corrected chi connectivity index (χ4v) is 1.83. The Kier molecular flexibility index (Phi) is 3.47. The average molecular weight is 249 g/mol. The Morgan fingerprint density at radius 1 is 1.22 bits per heavy atom. The molecule has 96 valence electrons. The number of rotatable bonds is 4. The minimum Gasteiger partial charge on any atom is -0.495 e. The maximum Gasteiger partial charge on any atom is 0.162 e. The Hall–Kier alpha value is -2.08. The first-order valence-electron chi connectivity index (χ1n) is 5.41. The molecule has 1 atom stereocenters. The third-order valence-corrected chi connectivity index (χ3v) is 2.76. The van der Waals surface area contributed by atoms with E-state index in [4.69, 9.17) is 9.47 Å². The Bertz CT molecular complexity index is 539. The molecule has 0 aliphatic carbocycles. The van der Waals surface area contributed by atoms with E-state index >= 15 is 0 Å². The highest BCUT2D eigenvalue weighted by Gasteiger charge is 2.22. The Morgan fingerprint density at radius 2 is 1.94 bits per heavy atom. The van der Waals surface area contributed by atoms with Gasteiger partial charge >= 0.3 is 0 Å². The van der Waals surface area contributed by atoms with Crippen LogP contribution in [-0.2, 0) is 7.05 Å². The first-order chi connectivity index (χ1) is 8.69. The van der Waals surface area contributed by atoms with Crippen molar-refractivity contribution in [3.63, 3.8) is 0 Å². The van der Waals surface area contributed by atoms with Crippen molar-refractivity contribution in [1.82, 2.24) is 14.8 Å². The average Bonchev–Trinajstić information content (AvgIpc) is 2.79. The molecule has 0 aromatic carbocycles. The molecule has 2 aromatic rings. The minimum absolute atomic E-state index is 0.522. The molecule has 0 aliphatic rings. The molecule has 0 bridgehead atoms. The second-order valence-electron chi connectivity index (χ2n) is 3.74. The zero-order valence-corrected chi connectivity index (χ0v) is 10.5. The summed E-state index contributed by atoms with van der Waals surface area (Å²) in [7, 11) is 4.82. The highest BCUT2D eigenvalue weighted by atomic mass is 16.5. The van der Waals surface area contributed by atoms with Crippen molar-refractivity contribution >= 4 is 0 Å². The minimum atomic E-state index is -0.884. The number of hydrogen-bond acceptors (Lipinski definition) is 5. The zero-order valence-electron chi connectivity index (χ0n) is 10.5. The van der Waals surface area contributed by atoms with Crippen LogP contribution in [0.4, 0.5) is 0 Å². The number of nitrogens with zero attached hydrogens (tertiary/aromatic N) is 3. The lowest BCUT2D eigenvalue weighted by Crippen LogP contribution is -2.09. The van der Waals surface area contributed by atoms with Crippen LogP contribution < -0.4 is 9.47 Å². The SMILES string of the molecule is COc1cnccc1C(O)c1c(OC)cnn1C. The maximum absolute atomic E-state index is 10.4. The summed E-state index contributed by atoms with van der Waals surface area (Å²) in [6, 6.07) is 1.70. The first-order valence-corrected chi connectivity index (χ1v) is 5.41. The van der Waals surface area contributed by atoms with Crippen LogP contribution in [0.3, 0.4) is 0 Å². The summed E-state index contributed by atoms with van der Waals surface area (Å²) in [5.41, 5.74) is 1.19. The highest BCUT2D eigenvalue weighted by Crippen LogP contribution is 2.33. The van der Waals surface area contributed by atoms with Gasteiger partial charge in [0.2, 0.25) is 0 Å². The number of hydrogen-bond donors (Lipinski definition) is 1. The Balaban J connectivity index is 2.47. The summed E-state index contributed by atoms with van der Waals surface area (Å²) in [5.74, 6) is 1.05. The lowest BCUT2D eigenvalue weighted by atomic mass is 10.1. The number of aliphatic hydroxyl groups excluding tert-OH is 1. The van der Waals surface area contributed by atoms with Gasteiger partial charge < -0.3 is 14.6 Å². The summed E-state index contributed by atoms with van der Waals surface area (Å²) in [6.07, 6.45) is 3.84. The normalized spacial score (nSPS) is 12.2. The number of aromatic nitrogens is 3. The van der Waals surface area contributed by atoms with Crippen molar-refractivity contribution in [2.24, 2.45) is 7.05 Å². The Labute approximate surface area is 105 Å². The van der Waals surface area contributed by atoms with Gasteiger partial charge in [0.25, 0.3) is 0 Å². The third kappa shape index (κ3) is 2.02. The van der Waals surface area contributed by atoms with Crippen LogP contribution in [0.2, 0.25) is 0 Å². The fourth-order valence-electron chi connectivity index (χ4n) is 1.83. The van der Waals surface area contributed by atoms with E-state index < -0.39 is 6.10 Å². The molecule has 6 heteroatoms. The van der Waals surface area contributed by atoms with Crippen LogP contribution in [0.1, 0.15) is 17.4 Å². The Morgan fingerprint density at radius 3 is 2.61 bits per heavy atom. The number of aliphatic hydroxyl groups is 1. The summed E-state index contributed by atoms with van der Waals surface area (Å²) in [4.78, 5) is 3.96. The molecule has 0 spiro atoms. The van der Waals surface area contributed by atoms with E-state index in [2.05, 4.69) is 10.1 Å². The summed E-state index contributed by atoms with van der Waals surface area (Å²) >= 11 is 0. The van der Waals surface area contributed by atoms with Gasteiger partial charge in [-0.25, -0.2) is 0 Å². The van der Waals surface area contributed by atoms with Gasteiger partial charge in [0.05, 0.1) is 26.6 Å². The van der Waals surface area contributed by atoms with E-state index in [1.54, 1.807) is 36.4 Å². The molecule has 1 N–H and O–H groups in total. The molecule has 2 heterocycles. The monoisotopic (exact) mass is 249 g/mol. The van der Waals surface area contributed by atoms with E-state index in [1.807, 2.05) is 0 Å². The van der Waals surface area contributed by atoms with Crippen LogP contribution in [0.15, 0.2) is 24.7 Å². The topological polar surface area (TPSA) is 69.4 Å². The summed E-state index contributed by atoms with van der Waals surface area (Å²) in [6.45, 7) is 0. The first kappa shape index (κ1) is 12.4. The van der Waals surface area contributed by atoms with Gasteiger partial charge in [-0.15, -0.1) is 0 Å². The van der Waals surface area contributed by atoms with Crippen LogP contribution in [0.5, 0.6) is 11.5 Å². The van der Waals surface area contributed by atoms with E-state index in [9.17, 15) is 5.11 Å². The maximum atomic E-state index is 10.4. The van der Waals surface area contributed by atoms with Gasteiger partial charge in [-0.3, -0.25) is 9.67 Å². The third-order valence-electron chi connectivity index (χ3n) is 2.76.